The van der Waals surface area contributed by atoms with E-state index >= 15 is 0 Å². The highest BCUT2D eigenvalue weighted by Crippen LogP contribution is 2.25. The van der Waals surface area contributed by atoms with Crippen LogP contribution in [0, 0.1) is 0 Å². The van der Waals surface area contributed by atoms with E-state index in [2.05, 4.69) is 12.6 Å². The molecule has 3 amide bonds. The number of nitrogens with two attached hydrogens (primary N) is 3. The van der Waals surface area contributed by atoms with Crippen LogP contribution in [0.25, 0.3) is 0 Å². The molecule has 80 valence electrons. The van der Waals surface area contributed by atoms with Crippen LogP contribution >= 0.6 is 12.6 Å². The molecule has 0 aromatic carbocycles. The van der Waals surface area contributed by atoms with E-state index < -0.39 is 29.2 Å². The largest absolute Gasteiger partial charge is 0.444 e. The molecule has 0 aliphatic rings. The summed E-state index contributed by atoms with van der Waals surface area (Å²) in [5, 5.41) is 0. The first-order valence-corrected chi connectivity index (χ1v) is 4.06. The van der Waals surface area contributed by atoms with Crippen molar-refractivity contribution >= 4 is 30.4 Å². The lowest BCUT2D eigenvalue weighted by molar-refractivity contribution is 0.0933. The average molecular weight is 229 g/mol. The number of primary amides is 3. The predicted octanol–water partition coefficient (Wildman–Crippen LogP) is -1.14. The first-order chi connectivity index (χ1) is 6.86. The van der Waals surface area contributed by atoms with Gasteiger partial charge in [-0.2, -0.15) is 0 Å². The number of hydrogen-bond donors (Lipinski definition) is 4. The van der Waals surface area contributed by atoms with Gasteiger partial charge >= 0.3 is 0 Å². The Morgan fingerprint density at radius 2 is 1.40 bits per heavy atom. The Balaban J connectivity index is 3.53. The van der Waals surface area contributed by atoms with E-state index in [4.69, 9.17) is 21.6 Å². The van der Waals surface area contributed by atoms with Crippen molar-refractivity contribution in [3.8, 4) is 0 Å². The molecule has 0 saturated heterocycles. The minimum atomic E-state index is -1.04. The van der Waals surface area contributed by atoms with Crippen molar-refractivity contribution in [2.75, 3.05) is 0 Å². The van der Waals surface area contributed by atoms with E-state index in [9.17, 15) is 14.4 Å². The quantitative estimate of drug-likeness (QED) is 0.486. The first kappa shape index (κ1) is 11.1. The molecule has 0 saturated carbocycles. The fourth-order valence-corrected chi connectivity index (χ4v) is 1.36. The molecule has 7 nitrogen and oxygen atoms in total. The summed E-state index contributed by atoms with van der Waals surface area (Å²) < 4.78 is 4.70. The molecule has 6 N–H and O–H groups in total. The van der Waals surface area contributed by atoms with Crippen molar-refractivity contribution < 1.29 is 18.8 Å². The van der Waals surface area contributed by atoms with Gasteiger partial charge in [0.15, 0.2) is 0 Å². The third-order valence-electron chi connectivity index (χ3n) is 1.58. The van der Waals surface area contributed by atoms with Gasteiger partial charge in [0, 0.05) is 0 Å². The Morgan fingerprint density at radius 3 is 1.67 bits per heavy atom. The highest BCUT2D eigenvalue weighted by atomic mass is 32.1. The maximum Gasteiger partial charge on any atom is 0.285 e. The summed E-state index contributed by atoms with van der Waals surface area (Å²) in [6.07, 6.45) is 0. The van der Waals surface area contributed by atoms with Gasteiger partial charge in [0.05, 0.1) is 4.90 Å². The van der Waals surface area contributed by atoms with E-state index in [1.165, 1.54) is 0 Å². The molecule has 15 heavy (non-hydrogen) atoms. The Bertz CT molecular complexity index is 465. The van der Waals surface area contributed by atoms with E-state index in [0.717, 1.165) is 0 Å². The van der Waals surface area contributed by atoms with Gasteiger partial charge in [-0.15, -0.1) is 12.6 Å². The van der Waals surface area contributed by atoms with Crippen molar-refractivity contribution in [1.29, 1.82) is 0 Å². The number of amides is 3. The van der Waals surface area contributed by atoms with Crippen LogP contribution in [0.1, 0.15) is 31.5 Å². The lowest BCUT2D eigenvalue weighted by Gasteiger charge is -1.93. The van der Waals surface area contributed by atoms with Crippen molar-refractivity contribution in [3.05, 3.63) is 17.1 Å². The van der Waals surface area contributed by atoms with Crippen LogP contribution in [-0.2, 0) is 0 Å². The molecule has 0 unspecified atom stereocenters. The van der Waals surface area contributed by atoms with Crippen LogP contribution in [0.4, 0.5) is 0 Å². The van der Waals surface area contributed by atoms with Gasteiger partial charge in [-0.1, -0.05) is 0 Å². The molecular formula is C7H7N3O4S. The second-order valence-corrected chi connectivity index (χ2v) is 3.02. The predicted molar refractivity (Wildman–Crippen MR) is 51.5 cm³/mol. The molecule has 1 rings (SSSR count). The molecule has 0 radical (unpaired) electrons. The summed E-state index contributed by atoms with van der Waals surface area (Å²) in [7, 11) is 0. The lowest BCUT2D eigenvalue weighted by Crippen LogP contribution is -2.19. The van der Waals surface area contributed by atoms with Crippen LogP contribution in [0.15, 0.2) is 9.31 Å². The number of thiol groups is 1. The normalized spacial score (nSPS) is 9.93. The van der Waals surface area contributed by atoms with Gasteiger partial charge in [-0.25, -0.2) is 0 Å². The zero-order chi connectivity index (χ0) is 11.7. The van der Waals surface area contributed by atoms with E-state index in [1.54, 1.807) is 0 Å². The van der Waals surface area contributed by atoms with Gasteiger partial charge in [-0.3, -0.25) is 14.4 Å². The molecule has 8 heteroatoms. The van der Waals surface area contributed by atoms with Gasteiger partial charge in [0.25, 0.3) is 17.7 Å². The monoisotopic (exact) mass is 229 g/mol. The molecule has 1 aromatic heterocycles. The molecule has 0 fully saturated rings. The highest BCUT2D eigenvalue weighted by Gasteiger charge is 2.27. The van der Waals surface area contributed by atoms with Gasteiger partial charge in [-0.05, 0) is 0 Å². The summed E-state index contributed by atoms with van der Waals surface area (Å²) in [4.78, 5) is 32.4. The smallest absolute Gasteiger partial charge is 0.285 e. The standard InChI is InChI=1S/C7H7N3O4S/c8-5(11)1-2(6(9)12)14-3(4(1)15)7(10)13/h15H,(H2,8,11)(H2,9,12)(H2,10,13). The topological polar surface area (TPSA) is 142 Å². The Hall–Kier alpha value is -1.96. The fourth-order valence-electron chi connectivity index (χ4n) is 0.992. The number of carbonyl (C=O) groups is 3. The maximum atomic E-state index is 10.9. The summed E-state index contributed by atoms with van der Waals surface area (Å²) in [6.45, 7) is 0. The number of hydrogen-bond acceptors (Lipinski definition) is 5. The molecule has 1 aromatic rings. The van der Waals surface area contributed by atoms with Gasteiger partial charge in [0.1, 0.15) is 5.56 Å². The zero-order valence-corrected chi connectivity index (χ0v) is 8.21. The lowest BCUT2D eigenvalue weighted by atomic mass is 10.2. The third-order valence-corrected chi connectivity index (χ3v) is 2.00. The van der Waals surface area contributed by atoms with Gasteiger partial charge in [0.2, 0.25) is 11.5 Å². The number of carbonyl (C=O) groups excluding carboxylic acids is 3. The first-order valence-electron chi connectivity index (χ1n) is 3.61. The highest BCUT2D eigenvalue weighted by molar-refractivity contribution is 7.80. The summed E-state index contributed by atoms with van der Waals surface area (Å²) in [5.41, 5.74) is 14.4. The van der Waals surface area contributed by atoms with Crippen LogP contribution < -0.4 is 17.2 Å². The summed E-state index contributed by atoms with van der Waals surface area (Å²) in [6, 6.07) is 0. The van der Waals surface area contributed by atoms with E-state index in [1.807, 2.05) is 0 Å². The zero-order valence-electron chi connectivity index (χ0n) is 7.31. The van der Waals surface area contributed by atoms with Crippen LogP contribution in [0.5, 0.6) is 0 Å². The van der Waals surface area contributed by atoms with Crippen LogP contribution in [0.3, 0.4) is 0 Å². The minimum absolute atomic E-state index is 0.191. The van der Waals surface area contributed by atoms with Crippen molar-refractivity contribution in [3.63, 3.8) is 0 Å². The minimum Gasteiger partial charge on any atom is -0.444 e. The van der Waals surface area contributed by atoms with E-state index in [-0.39, 0.29) is 10.5 Å². The van der Waals surface area contributed by atoms with Crippen molar-refractivity contribution in [1.82, 2.24) is 0 Å². The molecule has 0 spiro atoms. The van der Waals surface area contributed by atoms with Crippen LogP contribution in [-0.4, -0.2) is 17.7 Å². The SMILES string of the molecule is NC(=O)c1oc(C(N)=O)c(C(N)=O)c1S. The molecule has 0 aliphatic heterocycles. The number of furan rings is 1. The molecule has 0 atom stereocenters. The van der Waals surface area contributed by atoms with Crippen molar-refractivity contribution in [2.45, 2.75) is 4.90 Å². The average Bonchev–Trinajstić information content (AvgIpc) is 2.42. The summed E-state index contributed by atoms with van der Waals surface area (Å²) >= 11 is 3.80. The number of rotatable bonds is 3. The summed E-state index contributed by atoms with van der Waals surface area (Å²) in [5.74, 6) is -3.95. The Labute approximate surface area is 89.0 Å². The van der Waals surface area contributed by atoms with Crippen LogP contribution in [0.2, 0.25) is 0 Å². The second-order valence-electron chi connectivity index (χ2n) is 2.58. The third kappa shape index (κ3) is 1.79. The second kappa shape index (κ2) is 3.65. The Kier molecular flexibility index (Phi) is 2.71. The van der Waals surface area contributed by atoms with Crippen molar-refractivity contribution in [2.24, 2.45) is 17.2 Å². The molecule has 0 bridgehead atoms. The Morgan fingerprint density at radius 1 is 0.933 bits per heavy atom. The fraction of sp³-hybridized carbons (Fsp3) is 0. The van der Waals surface area contributed by atoms with Gasteiger partial charge < -0.3 is 21.6 Å². The molecule has 0 aliphatic carbocycles. The van der Waals surface area contributed by atoms with E-state index in [0.29, 0.717) is 0 Å². The molecular weight excluding hydrogens is 222 g/mol. The molecule has 1 heterocycles. The maximum absolute atomic E-state index is 10.9.